The standard InChI is InChI=1S/C15H21NO3/c1-18-12-10-16(11-13-19-2)15(17)9-8-14-6-4-3-5-7-14/h3-9H,10-13H2,1-2H3/b9-8+. The molecule has 1 rings (SSSR count). The summed E-state index contributed by atoms with van der Waals surface area (Å²) in [5, 5.41) is 0. The highest BCUT2D eigenvalue weighted by Gasteiger charge is 2.09. The molecule has 0 N–H and O–H groups in total. The van der Waals surface area contributed by atoms with Gasteiger partial charge in [0, 0.05) is 33.4 Å². The van der Waals surface area contributed by atoms with Crippen molar-refractivity contribution in [2.24, 2.45) is 0 Å². The average Bonchev–Trinajstić information content (AvgIpc) is 2.46. The second-order valence-corrected chi connectivity index (χ2v) is 4.05. The maximum atomic E-state index is 12.1. The summed E-state index contributed by atoms with van der Waals surface area (Å²) in [7, 11) is 3.25. The van der Waals surface area contributed by atoms with Gasteiger partial charge >= 0.3 is 0 Å². The van der Waals surface area contributed by atoms with Gasteiger partial charge in [-0.05, 0) is 11.6 Å². The third-order valence-electron chi connectivity index (χ3n) is 2.66. The van der Waals surface area contributed by atoms with Crippen molar-refractivity contribution in [3.05, 3.63) is 42.0 Å². The number of benzene rings is 1. The molecule has 0 aliphatic carbocycles. The van der Waals surface area contributed by atoms with E-state index in [0.29, 0.717) is 26.3 Å². The molecule has 0 unspecified atom stereocenters. The van der Waals surface area contributed by atoms with Gasteiger partial charge in [-0.3, -0.25) is 4.79 Å². The number of ether oxygens (including phenoxy) is 2. The summed E-state index contributed by atoms with van der Waals surface area (Å²) in [4.78, 5) is 13.8. The van der Waals surface area contributed by atoms with Gasteiger partial charge < -0.3 is 14.4 Å². The minimum absolute atomic E-state index is 0.0297. The third-order valence-corrected chi connectivity index (χ3v) is 2.66. The molecule has 1 aromatic rings. The largest absolute Gasteiger partial charge is 0.383 e. The summed E-state index contributed by atoms with van der Waals surface area (Å²) in [5.74, 6) is -0.0297. The second kappa shape index (κ2) is 9.30. The number of hydrogen-bond donors (Lipinski definition) is 0. The lowest BCUT2D eigenvalue weighted by molar-refractivity contribution is -0.127. The van der Waals surface area contributed by atoms with Crippen molar-refractivity contribution in [2.45, 2.75) is 0 Å². The zero-order valence-electron chi connectivity index (χ0n) is 11.5. The fourth-order valence-electron chi connectivity index (χ4n) is 1.57. The molecule has 0 fully saturated rings. The van der Waals surface area contributed by atoms with Gasteiger partial charge in [-0.2, -0.15) is 0 Å². The highest BCUT2D eigenvalue weighted by Crippen LogP contribution is 2.02. The van der Waals surface area contributed by atoms with E-state index in [1.165, 1.54) is 0 Å². The number of amides is 1. The molecular formula is C15H21NO3. The van der Waals surface area contributed by atoms with Crippen molar-refractivity contribution in [1.29, 1.82) is 0 Å². The Morgan fingerprint density at radius 3 is 2.21 bits per heavy atom. The van der Waals surface area contributed by atoms with E-state index in [1.807, 2.05) is 36.4 Å². The molecule has 0 aliphatic heterocycles. The Morgan fingerprint density at radius 1 is 1.11 bits per heavy atom. The molecule has 19 heavy (non-hydrogen) atoms. The van der Waals surface area contributed by atoms with Crippen molar-refractivity contribution >= 4 is 12.0 Å². The number of carbonyl (C=O) groups excluding carboxylic acids is 1. The van der Waals surface area contributed by atoms with Crippen LogP contribution in [0.2, 0.25) is 0 Å². The van der Waals surface area contributed by atoms with Crippen molar-refractivity contribution in [3.8, 4) is 0 Å². The summed E-state index contributed by atoms with van der Waals surface area (Å²) in [6.07, 6.45) is 3.40. The maximum Gasteiger partial charge on any atom is 0.246 e. The summed E-state index contributed by atoms with van der Waals surface area (Å²) in [6, 6.07) is 9.75. The Bertz CT molecular complexity index is 382. The SMILES string of the molecule is COCCN(CCOC)C(=O)/C=C/c1ccccc1. The highest BCUT2D eigenvalue weighted by atomic mass is 16.5. The van der Waals surface area contributed by atoms with Gasteiger partial charge in [0.1, 0.15) is 0 Å². The van der Waals surface area contributed by atoms with Crippen LogP contribution in [0.15, 0.2) is 36.4 Å². The Balaban J connectivity index is 2.57. The maximum absolute atomic E-state index is 12.1. The first-order valence-electron chi connectivity index (χ1n) is 6.28. The number of hydrogen-bond acceptors (Lipinski definition) is 3. The first-order chi connectivity index (χ1) is 9.27. The van der Waals surface area contributed by atoms with Crippen LogP contribution in [0.4, 0.5) is 0 Å². The van der Waals surface area contributed by atoms with Crippen LogP contribution in [0, 0.1) is 0 Å². The monoisotopic (exact) mass is 263 g/mol. The number of methoxy groups -OCH3 is 2. The number of nitrogens with zero attached hydrogens (tertiary/aromatic N) is 1. The fourth-order valence-corrected chi connectivity index (χ4v) is 1.57. The zero-order valence-corrected chi connectivity index (χ0v) is 11.5. The Hall–Kier alpha value is -1.65. The predicted molar refractivity (Wildman–Crippen MR) is 75.8 cm³/mol. The predicted octanol–water partition coefficient (Wildman–Crippen LogP) is 1.82. The van der Waals surface area contributed by atoms with E-state index in [0.717, 1.165) is 5.56 Å². The normalized spacial score (nSPS) is 10.8. The second-order valence-electron chi connectivity index (χ2n) is 4.05. The van der Waals surface area contributed by atoms with E-state index < -0.39 is 0 Å². The van der Waals surface area contributed by atoms with Crippen molar-refractivity contribution in [2.75, 3.05) is 40.5 Å². The lowest BCUT2D eigenvalue weighted by Gasteiger charge is -2.20. The van der Waals surface area contributed by atoms with E-state index >= 15 is 0 Å². The van der Waals surface area contributed by atoms with Gasteiger partial charge in [0.2, 0.25) is 5.91 Å². The van der Waals surface area contributed by atoms with Gasteiger partial charge in [-0.15, -0.1) is 0 Å². The molecule has 0 heterocycles. The lowest BCUT2D eigenvalue weighted by atomic mass is 10.2. The molecule has 104 valence electrons. The van der Waals surface area contributed by atoms with Gasteiger partial charge in [0.15, 0.2) is 0 Å². The van der Waals surface area contributed by atoms with E-state index in [-0.39, 0.29) is 5.91 Å². The summed E-state index contributed by atoms with van der Waals surface area (Å²) < 4.78 is 10.0. The molecule has 0 saturated carbocycles. The van der Waals surface area contributed by atoms with Crippen molar-refractivity contribution < 1.29 is 14.3 Å². The molecule has 0 bridgehead atoms. The molecule has 4 heteroatoms. The highest BCUT2D eigenvalue weighted by molar-refractivity contribution is 5.91. The Kier molecular flexibility index (Phi) is 7.54. The lowest BCUT2D eigenvalue weighted by Crippen LogP contribution is -2.35. The topological polar surface area (TPSA) is 38.8 Å². The van der Waals surface area contributed by atoms with Crippen molar-refractivity contribution in [1.82, 2.24) is 4.90 Å². The minimum Gasteiger partial charge on any atom is -0.383 e. The van der Waals surface area contributed by atoms with E-state index in [2.05, 4.69) is 0 Å². The molecule has 0 aliphatic rings. The summed E-state index contributed by atoms with van der Waals surface area (Å²) in [6.45, 7) is 2.18. The molecule has 0 radical (unpaired) electrons. The fraction of sp³-hybridized carbons (Fsp3) is 0.400. The molecule has 1 aromatic carbocycles. The quantitative estimate of drug-likeness (QED) is 0.672. The minimum atomic E-state index is -0.0297. The van der Waals surface area contributed by atoms with Crippen LogP contribution in [0.5, 0.6) is 0 Å². The smallest absolute Gasteiger partial charge is 0.246 e. The summed E-state index contributed by atoms with van der Waals surface area (Å²) >= 11 is 0. The van der Waals surface area contributed by atoms with Gasteiger partial charge in [-0.1, -0.05) is 30.3 Å². The van der Waals surface area contributed by atoms with Crippen molar-refractivity contribution in [3.63, 3.8) is 0 Å². The number of carbonyl (C=O) groups is 1. The molecule has 0 aromatic heterocycles. The van der Waals surface area contributed by atoms with Crippen LogP contribution in [0.1, 0.15) is 5.56 Å². The van der Waals surface area contributed by atoms with E-state index in [4.69, 9.17) is 9.47 Å². The average molecular weight is 263 g/mol. The Morgan fingerprint density at radius 2 is 1.68 bits per heavy atom. The first kappa shape index (κ1) is 15.4. The van der Waals surface area contributed by atoms with Gasteiger partial charge in [0.25, 0.3) is 0 Å². The molecule has 0 atom stereocenters. The van der Waals surface area contributed by atoms with Gasteiger partial charge in [-0.25, -0.2) is 0 Å². The molecule has 4 nitrogen and oxygen atoms in total. The number of rotatable bonds is 8. The van der Waals surface area contributed by atoms with Crippen LogP contribution in [0.25, 0.3) is 6.08 Å². The molecule has 1 amide bonds. The third kappa shape index (κ3) is 6.18. The molecular weight excluding hydrogens is 242 g/mol. The van der Waals surface area contributed by atoms with Crippen LogP contribution in [-0.2, 0) is 14.3 Å². The van der Waals surface area contributed by atoms with E-state index in [1.54, 1.807) is 25.2 Å². The first-order valence-corrected chi connectivity index (χ1v) is 6.28. The molecule has 0 spiro atoms. The van der Waals surface area contributed by atoms with E-state index in [9.17, 15) is 4.79 Å². The Labute approximate surface area is 114 Å². The van der Waals surface area contributed by atoms with Crippen LogP contribution < -0.4 is 0 Å². The summed E-state index contributed by atoms with van der Waals surface area (Å²) in [5.41, 5.74) is 1.01. The van der Waals surface area contributed by atoms with Gasteiger partial charge in [0.05, 0.1) is 13.2 Å². The zero-order chi connectivity index (χ0) is 13.9. The van der Waals surface area contributed by atoms with Crippen LogP contribution in [-0.4, -0.2) is 51.3 Å². The van der Waals surface area contributed by atoms with Crippen LogP contribution in [0.3, 0.4) is 0 Å². The molecule has 0 saturated heterocycles. The van der Waals surface area contributed by atoms with Crippen LogP contribution >= 0.6 is 0 Å².